The van der Waals surface area contributed by atoms with Gasteiger partial charge in [0.25, 0.3) is 5.91 Å². The highest BCUT2D eigenvalue weighted by molar-refractivity contribution is 6.01. The van der Waals surface area contributed by atoms with E-state index in [9.17, 15) is 27.6 Å². The quantitative estimate of drug-likeness (QED) is 0.329. The van der Waals surface area contributed by atoms with Crippen LogP contribution in [0, 0.1) is 29.5 Å². The number of piperazine rings is 1. The summed E-state index contributed by atoms with van der Waals surface area (Å²) in [6.07, 6.45) is 1.97. The average molecular weight is 788 g/mol. The lowest BCUT2D eigenvalue weighted by Crippen LogP contribution is -2.64. The van der Waals surface area contributed by atoms with Crippen molar-refractivity contribution in [1.82, 2.24) is 29.8 Å². The zero-order valence-electron chi connectivity index (χ0n) is 31.4. The van der Waals surface area contributed by atoms with Gasteiger partial charge >= 0.3 is 6.18 Å². The van der Waals surface area contributed by atoms with Crippen molar-refractivity contribution in [3.05, 3.63) is 41.5 Å². The second-order valence-electron chi connectivity index (χ2n) is 17.1. The first-order valence-electron chi connectivity index (χ1n) is 20.0. The number of likely N-dealkylation sites (tertiary alicyclic amines) is 1. The van der Waals surface area contributed by atoms with Crippen molar-refractivity contribution in [1.29, 1.82) is 0 Å². The zero-order chi connectivity index (χ0) is 38.9. The number of benzene rings is 1. The smallest absolute Gasteiger partial charge is 0.405 e. The summed E-state index contributed by atoms with van der Waals surface area (Å²) in [5.74, 6) is -1.73. The van der Waals surface area contributed by atoms with Crippen LogP contribution in [-0.4, -0.2) is 131 Å². The Morgan fingerprint density at radius 1 is 1.04 bits per heavy atom. The molecular formula is C39H49F4N7O6. The van der Waals surface area contributed by atoms with Gasteiger partial charge in [-0.05, 0) is 68.4 Å². The van der Waals surface area contributed by atoms with Crippen molar-refractivity contribution in [3.8, 4) is 5.75 Å². The number of alkyl halides is 3. The monoisotopic (exact) mass is 787 g/mol. The van der Waals surface area contributed by atoms with Gasteiger partial charge in [0.05, 0.1) is 50.7 Å². The van der Waals surface area contributed by atoms with Crippen molar-refractivity contribution in [2.75, 3.05) is 64.5 Å². The maximum Gasteiger partial charge on any atom is 0.405 e. The summed E-state index contributed by atoms with van der Waals surface area (Å²) in [5, 5.41) is 9.79. The van der Waals surface area contributed by atoms with E-state index in [1.807, 2.05) is 0 Å². The first-order chi connectivity index (χ1) is 26.9. The van der Waals surface area contributed by atoms with Crippen LogP contribution >= 0.6 is 0 Å². The molecule has 3 atom stereocenters. The molecule has 304 valence electrons. The number of piperidine rings is 1. The number of hydrogen-bond donors (Lipinski definition) is 2. The topological polar surface area (TPSA) is 130 Å². The molecule has 2 aromatic rings. The van der Waals surface area contributed by atoms with Gasteiger partial charge in [0.15, 0.2) is 0 Å². The molecule has 7 aliphatic rings. The minimum atomic E-state index is -4.60. The highest BCUT2D eigenvalue weighted by Crippen LogP contribution is 2.52. The Balaban J connectivity index is 1.02. The maximum absolute atomic E-state index is 16.4. The van der Waals surface area contributed by atoms with Gasteiger partial charge in [-0.25, -0.2) is 4.39 Å². The van der Waals surface area contributed by atoms with Gasteiger partial charge in [0.2, 0.25) is 11.8 Å². The first kappa shape index (κ1) is 37.8. The second-order valence-corrected chi connectivity index (χ2v) is 17.1. The highest BCUT2D eigenvalue weighted by atomic mass is 19.4. The van der Waals surface area contributed by atoms with Gasteiger partial charge < -0.3 is 29.7 Å². The van der Waals surface area contributed by atoms with E-state index in [1.165, 1.54) is 32.8 Å². The van der Waals surface area contributed by atoms with Crippen LogP contribution in [0.15, 0.2) is 24.4 Å². The fourth-order valence-corrected chi connectivity index (χ4v) is 9.62. The summed E-state index contributed by atoms with van der Waals surface area (Å²) >= 11 is 0. The van der Waals surface area contributed by atoms with Gasteiger partial charge in [0, 0.05) is 63.4 Å². The molecule has 2 N–H and O–H groups in total. The summed E-state index contributed by atoms with van der Waals surface area (Å²) in [7, 11) is 1.64. The molecule has 3 amide bonds. The van der Waals surface area contributed by atoms with E-state index in [0.29, 0.717) is 58.4 Å². The molecule has 56 heavy (non-hydrogen) atoms. The Morgan fingerprint density at radius 3 is 2.30 bits per heavy atom. The molecule has 5 aliphatic heterocycles. The number of amides is 3. The summed E-state index contributed by atoms with van der Waals surface area (Å²) in [6.45, 7) is 2.41. The molecule has 6 fully saturated rings. The third-order valence-corrected chi connectivity index (χ3v) is 13.2. The molecule has 1 spiro atoms. The van der Waals surface area contributed by atoms with Crippen molar-refractivity contribution in [2.24, 2.45) is 30.7 Å². The molecular weight excluding hydrogens is 738 g/mol. The Hall–Kier alpha value is -3.80. The van der Waals surface area contributed by atoms with Gasteiger partial charge in [-0.3, -0.25) is 28.9 Å². The van der Waals surface area contributed by atoms with Crippen LogP contribution in [0.25, 0.3) is 0 Å². The predicted octanol–water partition coefficient (Wildman–Crippen LogP) is 3.51. The summed E-state index contributed by atoms with van der Waals surface area (Å²) < 4.78 is 79.2. The minimum Gasteiger partial charge on any atom is -0.487 e. The van der Waals surface area contributed by atoms with Crippen LogP contribution < -0.4 is 15.4 Å². The van der Waals surface area contributed by atoms with Crippen LogP contribution in [0.1, 0.15) is 67.0 Å². The highest BCUT2D eigenvalue weighted by Gasteiger charge is 2.54. The number of ether oxygens (including phenoxy) is 3. The lowest BCUT2D eigenvalue weighted by molar-refractivity contribution is -0.208. The Bertz CT molecular complexity index is 1820. The summed E-state index contributed by atoms with van der Waals surface area (Å²) in [6, 6.07) is 0.742. The third-order valence-electron chi connectivity index (χ3n) is 13.2. The third kappa shape index (κ3) is 7.39. The maximum atomic E-state index is 16.4. The molecule has 1 unspecified atom stereocenters. The minimum absolute atomic E-state index is 0.0767. The summed E-state index contributed by atoms with van der Waals surface area (Å²) in [4.78, 5) is 46.4. The number of hydrogen-bond acceptors (Lipinski definition) is 9. The van der Waals surface area contributed by atoms with Gasteiger partial charge in [0.1, 0.15) is 34.9 Å². The molecule has 17 heteroatoms. The average Bonchev–Trinajstić information content (AvgIpc) is 4.06. The van der Waals surface area contributed by atoms with Crippen LogP contribution in [-0.2, 0) is 26.1 Å². The molecule has 2 aliphatic carbocycles. The number of rotatable bonds is 11. The lowest BCUT2D eigenvalue weighted by atomic mass is 9.79. The number of halogens is 4. The van der Waals surface area contributed by atoms with Crippen molar-refractivity contribution in [3.63, 3.8) is 0 Å². The van der Waals surface area contributed by atoms with Crippen LogP contribution in [0.3, 0.4) is 0 Å². The molecule has 2 saturated carbocycles. The predicted molar refractivity (Wildman–Crippen MR) is 192 cm³/mol. The van der Waals surface area contributed by atoms with Gasteiger partial charge in [-0.15, -0.1) is 0 Å². The molecule has 1 aromatic carbocycles. The molecule has 0 radical (unpaired) electrons. The van der Waals surface area contributed by atoms with Crippen molar-refractivity contribution < 1.29 is 46.2 Å². The molecule has 9 rings (SSSR count). The van der Waals surface area contributed by atoms with E-state index in [0.717, 1.165) is 25.7 Å². The first-order valence-corrected chi connectivity index (χ1v) is 20.0. The second kappa shape index (κ2) is 14.5. The van der Waals surface area contributed by atoms with Crippen LogP contribution in [0.5, 0.6) is 5.75 Å². The van der Waals surface area contributed by atoms with E-state index in [1.54, 1.807) is 13.1 Å². The van der Waals surface area contributed by atoms with E-state index in [4.69, 9.17) is 14.2 Å². The van der Waals surface area contributed by atoms with E-state index in [2.05, 4.69) is 20.6 Å². The number of fused-ring (bicyclic) bond motifs is 1. The fraction of sp³-hybridized carbons (Fsp3) is 0.692. The molecule has 13 nitrogen and oxygen atoms in total. The number of anilines is 1. The SMILES string of the molecule is Cn1nccc1C(=O)N[C@H](C(=O)Nc1cc2c(cc1F)C(N1C[C@@H](C(F)(F)F)N(CC3COC3)CC1=O)CC1(CCN(C3COC3)CC1)O2)C(C1CC1)C1CC1. The Morgan fingerprint density at radius 2 is 1.73 bits per heavy atom. The van der Waals surface area contributed by atoms with Crippen LogP contribution in [0.4, 0.5) is 23.2 Å². The normalized spacial score (nSPS) is 26.7. The summed E-state index contributed by atoms with van der Waals surface area (Å²) in [5.41, 5.74) is -0.444. The standard InChI is InChI=1S/C39H49F4N7O6/c1-47-29(6-9-44-47)36(52)46-35(34(23-2-3-23)24-4-5-24)37(53)45-28-13-31-26(12-27(28)40)30(14-38(56-31)7-10-48(11-8-38)25-20-55-21-25)50-16-32(39(41,42)43)49(17-33(50)51)15-22-18-54-19-22/h6,9,12-13,22-25,30,32,34-35H,2-5,7-8,10-11,14-21H2,1H3,(H,45,53)(H,46,52)/t30?,32-,35-/m0/s1. The van der Waals surface area contributed by atoms with E-state index >= 15 is 4.39 Å². The molecule has 1 aromatic heterocycles. The fourth-order valence-electron chi connectivity index (χ4n) is 9.62. The number of carbonyl (C=O) groups excluding carboxylic acids is 3. The number of nitrogens with one attached hydrogen (secondary N) is 2. The van der Waals surface area contributed by atoms with Crippen LogP contribution in [0.2, 0.25) is 0 Å². The van der Waals surface area contributed by atoms with Crippen molar-refractivity contribution in [2.45, 2.75) is 80.9 Å². The Kier molecular flexibility index (Phi) is 9.80. The largest absolute Gasteiger partial charge is 0.487 e. The van der Waals surface area contributed by atoms with Crippen molar-refractivity contribution >= 4 is 23.4 Å². The Labute approximate surface area is 322 Å². The molecule has 6 heterocycles. The molecule has 4 saturated heterocycles. The van der Waals surface area contributed by atoms with Gasteiger partial charge in [-0.2, -0.15) is 18.3 Å². The lowest BCUT2D eigenvalue weighted by Gasteiger charge is -2.52. The van der Waals surface area contributed by atoms with E-state index in [-0.39, 0.29) is 59.3 Å². The number of nitrogens with zero attached hydrogens (tertiary/aromatic N) is 5. The van der Waals surface area contributed by atoms with Gasteiger partial charge in [-0.1, -0.05) is 0 Å². The number of carbonyl (C=O) groups is 3. The number of aromatic nitrogens is 2. The van der Waals surface area contributed by atoms with E-state index < -0.39 is 66.5 Å². The zero-order valence-corrected chi connectivity index (χ0v) is 31.4. The molecule has 0 bridgehead atoms. The number of aryl methyl sites for hydroxylation is 1.